The lowest BCUT2D eigenvalue weighted by molar-refractivity contribution is -0.120. The van der Waals surface area contributed by atoms with Crippen molar-refractivity contribution in [2.45, 2.75) is 6.92 Å². The zero-order chi connectivity index (χ0) is 18.9. The van der Waals surface area contributed by atoms with Gasteiger partial charge in [-0.15, -0.1) is 0 Å². The Morgan fingerprint density at radius 1 is 1.23 bits per heavy atom. The Kier molecular flexibility index (Phi) is 7.16. The molecule has 0 aromatic heterocycles. The van der Waals surface area contributed by atoms with Crippen molar-refractivity contribution >= 4 is 34.0 Å². The zero-order valence-corrected chi connectivity index (χ0v) is 15.6. The van der Waals surface area contributed by atoms with E-state index in [-0.39, 0.29) is 18.2 Å². The summed E-state index contributed by atoms with van der Waals surface area (Å²) < 4.78 is 6.07. The molecule has 0 atom stereocenters. The Morgan fingerprint density at radius 2 is 1.96 bits per heavy atom. The molecule has 0 radical (unpaired) electrons. The maximum atomic E-state index is 12.0. The van der Waals surface area contributed by atoms with Gasteiger partial charge in [0.15, 0.2) is 0 Å². The molecule has 0 aliphatic carbocycles. The van der Waals surface area contributed by atoms with Crippen molar-refractivity contribution in [3.05, 3.63) is 58.1 Å². The monoisotopic (exact) mass is 419 g/mol. The summed E-state index contributed by atoms with van der Waals surface area (Å²) in [7, 11) is 0. The Labute approximate surface area is 159 Å². The van der Waals surface area contributed by atoms with E-state index in [4.69, 9.17) is 4.74 Å². The molecular weight excluding hydrogens is 402 g/mol. The fourth-order valence-electron chi connectivity index (χ4n) is 1.97. The molecule has 0 heterocycles. The molecule has 136 valence electrons. The zero-order valence-electron chi connectivity index (χ0n) is 14.0. The molecule has 0 aliphatic heterocycles. The number of halogens is 1. The summed E-state index contributed by atoms with van der Waals surface area (Å²) >= 11 is 3.28. The first kappa shape index (κ1) is 19.5. The number of hydrazone groups is 1. The second-order valence-electron chi connectivity index (χ2n) is 5.14. The average Bonchev–Trinajstić information content (AvgIpc) is 2.63. The number of rotatable bonds is 7. The number of hydrogen-bond acceptors (Lipinski definition) is 5. The summed E-state index contributed by atoms with van der Waals surface area (Å²) in [5.74, 6) is -0.159. The Hall–Kier alpha value is -2.87. The number of benzene rings is 2. The number of phenolic OH excluding ortho intramolecular Hbond substituents is 1. The normalized spacial score (nSPS) is 10.5. The number of nitrogens with one attached hydrogen (secondary N) is 2. The van der Waals surface area contributed by atoms with Crippen molar-refractivity contribution in [1.29, 1.82) is 0 Å². The van der Waals surface area contributed by atoms with Crippen LogP contribution in [0.2, 0.25) is 0 Å². The molecule has 0 spiro atoms. The molecule has 2 rings (SSSR count). The van der Waals surface area contributed by atoms with Gasteiger partial charge in [-0.25, -0.2) is 5.43 Å². The van der Waals surface area contributed by atoms with Crippen LogP contribution < -0.4 is 15.5 Å². The largest absolute Gasteiger partial charge is 0.507 e. The fraction of sp³-hybridized carbons (Fsp3) is 0.167. The van der Waals surface area contributed by atoms with Crippen LogP contribution in [-0.4, -0.2) is 36.3 Å². The number of aromatic hydroxyl groups is 1. The molecule has 26 heavy (non-hydrogen) atoms. The molecule has 0 aliphatic rings. The molecule has 0 bridgehead atoms. The van der Waals surface area contributed by atoms with Gasteiger partial charge in [0.25, 0.3) is 11.8 Å². The molecule has 0 saturated heterocycles. The van der Waals surface area contributed by atoms with E-state index in [1.807, 2.05) is 6.92 Å². The van der Waals surface area contributed by atoms with Gasteiger partial charge < -0.3 is 15.2 Å². The van der Waals surface area contributed by atoms with Crippen LogP contribution in [0.25, 0.3) is 0 Å². The molecule has 2 aromatic rings. The second kappa shape index (κ2) is 9.57. The second-order valence-corrected chi connectivity index (χ2v) is 6.05. The highest BCUT2D eigenvalue weighted by Crippen LogP contribution is 2.19. The first-order valence-electron chi connectivity index (χ1n) is 7.81. The number of hydrogen-bond donors (Lipinski definition) is 3. The van der Waals surface area contributed by atoms with E-state index in [1.165, 1.54) is 12.3 Å². The fourth-order valence-corrected chi connectivity index (χ4v) is 2.35. The van der Waals surface area contributed by atoms with Gasteiger partial charge in [0.2, 0.25) is 0 Å². The maximum absolute atomic E-state index is 12.0. The van der Waals surface area contributed by atoms with Crippen LogP contribution >= 0.6 is 15.9 Å². The predicted octanol–water partition coefficient (Wildman–Crippen LogP) is 2.43. The number of amides is 2. The topological polar surface area (TPSA) is 100 Å². The Bertz CT molecular complexity index is 807. The van der Waals surface area contributed by atoms with Crippen molar-refractivity contribution in [2.24, 2.45) is 5.10 Å². The lowest BCUT2D eigenvalue weighted by Crippen LogP contribution is -2.34. The van der Waals surface area contributed by atoms with Crippen LogP contribution in [0.5, 0.6) is 11.5 Å². The van der Waals surface area contributed by atoms with Crippen LogP contribution in [0, 0.1) is 0 Å². The lowest BCUT2D eigenvalue weighted by atomic mass is 10.2. The minimum atomic E-state index is -0.491. The molecular formula is C18H18BrN3O4. The highest BCUT2D eigenvalue weighted by atomic mass is 79.9. The van der Waals surface area contributed by atoms with E-state index in [1.54, 1.807) is 36.4 Å². The number of ether oxygens (including phenoxy) is 1. The number of phenols is 1. The maximum Gasteiger partial charge on any atom is 0.259 e. The van der Waals surface area contributed by atoms with Gasteiger partial charge in [-0.3, -0.25) is 9.59 Å². The third kappa shape index (κ3) is 5.89. The molecule has 2 amide bonds. The molecule has 7 nitrogen and oxygen atoms in total. The molecule has 0 saturated carbocycles. The van der Waals surface area contributed by atoms with Crippen molar-refractivity contribution in [1.82, 2.24) is 10.7 Å². The smallest absolute Gasteiger partial charge is 0.259 e. The minimum Gasteiger partial charge on any atom is -0.507 e. The third-order valence-corrected chi connectivity index (χ3v) is 3.71. The number of nitrogens with zero attached hydrogens (tertiary/aromatic N) is 1. The first-order chi connectivity index (χ1) is 12.5. The summed E-state index contributed by atoms with van der Waals surface area (Å²) in [4.78, 5) is 23.7. The molecule has 8 heteroatoms. The highest BCUT2D eigenvalue weighted by molar-refractivity contribution is 9.10. The third-order valence-electron chi connectivity index (χ3n) is 3.22. The summed E-state index contributed by atoms with van der Waals surface area (Å²) in [6.45, 7) is 2.19. The molecule has 3 N–H and O–H groups in total. The van der Waals surface area contributed by atoms with Gasteiger partial charge in [0.05, 0.1) is 19.4 Å². The van der Waals surface area contributed by atoms with Gasteiger partial charge in [0.1, 0.15) is 11.5 Å². The van der Waals surface area contributed by atoms with E-state index in [0.717, 1.165) is 4.47 Å². The Balaban J connectivity index is 1.81. The molecule has 2 aromatic carbocycles. The van der Waals surface area contributed by atoms with Crippen LogP contribution in [0.15, 0.2) is 52.0 Å². The van der Waals surface area contributed by atoms with E-state index in [9.17, 15) is 14.7 Å². The Morgan fingerprint density at radius 3 is 2.65 bits per heavy atom. The lowest BCUT2D eigenvalue weighted by Gasteiger charge is -2.06. The minimum absolute atomic E-state index is 0.0370. The van der Waals surface area contributed by atoms with Gasteiger partial charge in [-0.05, 0) is 49.4 Å². The van der Waals surface area contributed by atoms with E-state index in [0.29, 0.717) is 23.5 Å². The molecule has 0 unspecified atom stereocenters. The van der Waals surface area contributed by atoms with Crippen LogP contribution in [0.3, 0.4) is 0 Å². The quantitative estimate of drug-likeness (QED) is 0.473. The van der Waals surface area contributed by atoms with Crippen molar-refractivity contribution in [3.63, 3.8) is 0 Å². The van der Waals surface area contributed by atoms with Crippen LogP contribution in [0.1, 0.15) is 22.8 Å². The van der Waals surface area contributed by atoms with Gasteiger partial charge in [0, 0.05) is 15.6 Å². The van der Waals surface area contributed by atoms with E-state index in [2.05, 4.69) is 31.8 Å². The standard InChI is InChI=1S/C18H18BrN3O4/c1-2-26-15-6-3-12(4-7-15)18(25)20-11-17(24)22-21-10-13-9-14(19)5-8-16(13)23/h3-10,23H,2,11H2,1H3,(H,20,25)(H,22,24)/b21-10-. The van der Waals surface area contributed by atoms with E-state index < -0.39 is 5.91 Å². The highest BCUT2D eigenvalue weighted by Gasteiger charge is 2.08. The summed E-state index contributed by atoms with van der Waals surface area (Å²) in [5, 5.41) is 15.9. The summed E-state index contributed by atoms with van der Waals surface area (Å²) in [6, 6.07) is 11.4. The number of carbonyl (C=O) groups is 2. The van der Waals surface area contributed by atoms with Gasteiger partial charge >= 0.3 is 0 Å². The van der Waals surface area contributed by atoms with Crippen LogP contribution in [-0.2, 0) is 4.79 Å². The average molecular weight is 420 g/mol. The predicted molar refractivity (Wildman–Crippen MR) is 101 cm³/mol. The van der Waals surface area contributed by atoms with Gasteiger partial charge in [-0.2, -0.15) is 5.10 Å². The number of carbonyl (C=O) groups excluding carboxylic acids is 2. The van der Waals surface area contributed by atoms with Crippen molar-refractivity contribution < 1.29 is 19.4 Å². The molecule has 0 fully saturated rings. The SMILES string of the molecule is CCOc1ccc(C(=O)NCC(=O)N/N=C\c2cc(Br)ccc2O)cc1. The summed E-state index contributed by atoms with van der Waals surface area (Å²) in [6.07, 6.45) is 1.31. The van der Waals surface area contributed by atoms with E-state index >= 15 is 0 Å². The van der Waals surface area contributed by atoms with Crippen molar-refractivity contribution in [3.8, 4) is 11.5 Å². The van der Waals surface area contributed by atoms with Crippen molar-refractivity contribution in [2.75, 3.05) is 13.2 Å². The van der Waals surface area contributed by atoms with Gasteiger partial charge in [-0.1, -0.05) is 15.9 Å². The first-order valence-corrected chi connectivity index (χ1v) is 8.60. The summed E-state index contributed by atoms with van der Waals surface area (Å²) in [5.41, 5.74) is 3.14. The van der Waals surface area contributed by atoms with Crippen LogP contribution in [0.4, 0.5) is 0 Å².